The van der Waals surface area contributed by atoms with Gasteiger partial charge in [-0.05, 0) is 81.1 Å². The third kappa shape index (κ3) is 4.82. The lowest BCUT2D eigenvalue weighted by molar-refractivity contribution is 0.0953. The molecule has 1 heterocycles. The number of nitrogens with one attached hydrogen (secondary N) is 2. The van der Waals surface area contributed by atoms with Crippen LogP contribution in [0.5, 0.6) is 5.75 Å². The highest BCUT2D eigenvalue weighted by atomic mass is 16.5. The number of aryl methyl sites for hydroxylation is 3. The maximum absolute atomic E-state index is 13.0. The fraction of sp³-hybridized carbons (Fsp3) is 0.269. The molecule has 0 unspecified atom stereocenters. The molecule has 1 aliphatic carbocycles. The van der Waals surface area contributed by atoms with Gasteiger partial charge >= 0.3 is 0 Å². The van der Waals surface area contributed by atoms with Crippen LogP contribution in [0.25, 0.3) is 0 Å². The van der Waals surface area contributed by atoms with E-state index in [0.29, 0.717) is 23.4 Å². The zero-order chi connectivity index (χ0) is 23.5. The summed E-state index contributed by atoms with van der Waals surface area (Å²) in [7, 11) is 1.57. The highest BCUT2D eigenvalue weighted by Gasteiger charge is 2.28. The van der Waals surface area contributed by atoms with Crippen molar-refractivity contribution in [2.45, 2.75) is 40.0 Å². The van der Waals surface area contributed by atoms with E-state index in [-0.39, 0.29) is 17.6 Å². The Morgan fingerprint density at radius 2 is 1.67 bits per heavy atom. The standard InChI is InChI=1S/C26H27N3O4/c1-15-12-16(2)14-19(13-15)27-26(31)24-17(3)23-21(6-5-7-22(23)33-24)28-29-25(30)18-8-10-20(32-4)11-9-18/h8-14H,5-7H2,1-4H3,(H,27,31)(H,29,30)/b28-21+. The maximum Gasteiger partial charge on any atom is 0.291 e. The summed E-state index contributed by atoms with van der Waals surface area (Å²) in [4.78, 5) is 25.5. The van der Waals surface area contributed by atoms with Crippen LogP contribution in [-0.2, 0) is 6.42 Å². The second-order valence-electron chi connectivity index (χ2n) is 8.27. The highest BCUT2D eigenvalue weighted by Crippen LogP contribution is 2.30. The van der Waals surface area contributed by atoms with Crippen molar-refractivity contribution in [3.05, 3.63) is 81.8 Å². The van der Waals surface area contributed by atoms with E-state index in [1.165, 1.54) is 0 Å². The molecule has 7 nitrogen and oxygen atoms in total. The number of amides is 2. The van der Waals surface area contributed by atoms with Gasteiger partial charge in [0.25, 0.3) is 11.8 Å². The van der Waals surface area contributed by atoms with Crippen molar-refractivity contribution in [3.8, 4) is 5.75 Å². The number of methoxy groups -OCH3 is 1. The van der Waals surface area contributed by atoms with Gasteiger partial charge in [-0.1, -0.05) is 6.07 Å². The molecule has 3 aromatic rings. The van der Waals surface area contributed by atoms with Gasteiger partial charge in [-0.25, -0.2) is 5.43 Å². The SMILES string of the molecule is COc1ccc(C(=O)N/N=C2\CCCc3oc(C(=O)Nc4cc(C)cc(C)c4)c(C)c32)cc1. The number of fused-ring (bicyclic) bond motifs is 1. The van der Waals surface area contributed by atoms with E-state index in [2.05, 4.69) is 21.9 Å². The Balaban J connectivity index is 1.55. The quantitative estimate of drug-likeness (QED) is 0.544. The van der Waals surface area contributed by atoms with Crippen LogP contribution in [0.15, 0.2) is 52.0 Å². The van der Waals surface area contributed by atoms with Gasteiger partial charge in [0, 0.05) is 28.8 Å². The summed E-state index contributed by atoms with van der Waals surface area (Å²) in [5, 5.41) is 7.31. The number of rotatable bonds is 5. The summed E-state index contributed by atoms with van der Waals surface area (Å²) < 4.78 is 11.1. The molecule has 0 aliphatic heterocycles. The van der Waals surface area contributed by atoms with Crippen molar-refractivity contribution in [1.29, 1.82) is 0 Å². The number of benzene rings is 2. The number of carbonyl (C=O) groups is 2. The second-order valence-corrected chi connectivity index (χ2v) is 8.27. The van der Waals surface area contributed by atoms with E-state index in [1.807, 2.05) is 32.9 Å². The van der Waals surface area contributed by atoms with E-state index in [4.69, 9.17) is 9.15 Å². The van der Waals surface area contributed by atoms with Gasteiger partial charge in [0.1, 0.15) is 11.5 Å². The molecule has 0 radical (unpaired) electrons. The molecule has 2 aromatic carbocycles. The van der Waals surface area contributed by atoms with Crippen LogP contribution in [0.3, 0.4) is 0 Å². The van der Waals surface area contributed by atoms with Crippen molar-refractivity contribution < 1.29 is 18.7 Å². The van der Waals surface area contributed by atoms with Crippen LogP contribution in [0.4, 0.5) is 5.69 Å². The topological polar surface area (TPSA) is 92.9 Å². The molecule has 0 saturated carbocycles. The Labute approximate surface area is 192 Å². The summed E-state index contributed by atoms with van der Waals surface area (Å²) in [6.07, 6.45) is 2.24. The second kappa shape index (κ2) is 9.32. The van der Waals surface area contributed by atoms with Crippen LogP contribution in [0, 0.1) is 20.8 Å². The Morgan fingerprint density at radius 3 is 2.33 bits per heavy atom. The lowest BCUT2D eigenvalue weighted by Gasteiger charge is -2.13. The van der Waals surface area contributed by atoms with Gasteiger partial charge in [-0.3, -0.25) is 9.59 Å². The lowest BCUT2D eigenvalue weighted by Crippen LogP contribution is -2.22. The van der Waals surface area contributed by atoms with Crippen LogP contribution in [-0.4, -0.2) is 24.6 Å². The molecule has 7 heteroatoms. The zero-order valence-corrected chi connectivity index (χ0v) is 19.2. The van der Waals surface area contributed by atoms with Gasteiger partial charge in [0.15, 0.2) is 5.76 Å². The number of hydrogen-bond acceptors (Lipinski definition) is 5. The molecule has 2 amide bonds. The van der Waals surface area contributed by atoms with E-state index in [9.17, 15) is 9.59 Å². The molecule has 0 bridgehead atoms. The van der Waals surface area contributed by atoms with Gasteiger partial charge in [-0.2, -0.15) is 5.10 Å². The maximum atomic E-state index is 13.0. The minimum Gasteiger partial charge on any atom is -0.497 e. The fourth-order valence-corrected chi connectivity index (χ4v) is 4.16. The van der Waals surface area contributed by atoms with Crippen LogP contribution in [0.2, 0.25) is 0 Å². The molecule has 0 saturated heterocycles. The number of hydrazone groups is 1. The molecule has 1 aliphatic rings. The van der Waals surface area contributed by atoms with Crippen molar-refractivity contribution >= 4 is 23.2 Å². The largest absolute Gasteiger partial charge is 0.497 e. The molecule has 170 valence electrons. The molecule has 0 spiro atoms. The van der Waals surface area contributed by atoms with Gasteiger partial charge in [0.05, 0.1) is 12.8 Å². The van der Waals surface area contributed by atoms with E-state index in [0.717, 1.165) is 46.5 Å². The predicted molar refractivity (Wildman–Crippen MR) is 127 cm³/mol. The Bertz CT molecular complexity index is 1220. The van der Waals surface area contributed by atoms with E-state index >= 15 is 0 Å². The molecule has 33 heavy (non-hydrogen) atoms. The predicted octanol–water partition coefficient (Wildman–Crippen LogP) is 4.94. The first kappa shape index (κ1) is 22.3. The van der Waals surface area contributed by atoms with E-state index < -0.39 is 0 Å². The fourth-order valence-electron chi connectivity index (χ4n) is 4.16. The molecule has 0 atom stereocenters. The normalized spacial score (nSPS) is 14.0. The number of furan rings is 1. The minimum atomic E-state index is -0.314. The summed E-state index contributed by atoms with van der Waals surface area (Å²) in [5.41, 5.74) is 8.23. The highest BCUT2D eigenvalue weighted by molar-refractivity contribution is 6.09. The number of ether oxygens (including phenoxy) is 1. The van der Waals surface area contributed by atoms with Crippen LogP contribution >= 0.6 is 0 Å². The van der Waals surface area contributed by atoms with Crippen molar-refractivity contribution in [1.82, 2.24) is 5.43 Å². The average molecular weight is 446 g/mol. The van der Waals surface area contributed by atoms with Crippen molar-refractivity contribution in [3.63, 3.8) is 0 Å². The lowest BCUT2D eigenvalue weighted by atomic mass is 9.93. The number of carbonyl (C=O) groups excluding carboxylic acids is 2. The monoisotopic (exact) mass is 445 g/mol. The minimum absolute atomic E-state index is 0.273. The first-order chi connectivity index (χ1) is 15.9. The summed E-state index contributed by atoms with van der Waals surface area (Å²) in [6.45, 7) is 5.83. The number of anilines is 1. The first-order valence-electron chi connectivity index (χ1n) is 10.9. The Morgan fingerprint density at radius 1 is 0.970 bits per heavy atom. The first-order valence-corrected chi connectivity index (χ1v) is 10.9. The van der Waals surface area contributed by atoms with E-state index in [1.54, 1.807) is 31.4 Å². The van der Waals surface area contributed by atoms with Crippen LogP contribution < -0.4 is 15.5 Å². The molecular formula is C26H27N3O4. The van der Waals surface area contributed by atoms with Crippen LogP contribution in [0.1, 0.15) is 61.8 Å². The molecule has 0 fully saturated rings. The summed E-state index contributed by atoms with van der Waals surface area (Å²) >= 11 is 0. The molecule has 4 rings (SSSR count). The van der Waals surface area contributed by atoms with Crippen molar-refractivity contribution in [2.75, 3.05) is 12.4 Å². The Hall–Kier alpha value is -3.87. The molecule has 2 N–H and O–H groups in total. The smallest absolute Gasteiger partial charge is 0.291 e. The average Bonchev–Trinajstić information content (AvgIpc) is 3.14. The van der Waals surface area contributed by atoms with Gasteiger partial charge in [0.2, 0.25) is 0 Å². The molecular weight excluding hydrogens is 418 g/mol. The van der Waals surface area contributed by atoms with Crippen molar-refractivity contribution in [2.24, 2.45) is 5.10 Å². The third-order valence-electron chi connectivity index (χ3n) is 5.66. The number of hydrogen-bond donors (Lipinski definition) is 2. The zero-order valence-electron chi connectivity index (χ0n) is 19.2. The summed E-state index contributed by atoms with van der Waals surface area (Å²) in [6, 6.07) is 12.7. The number of nitrogens with zero attached hydrogens (tertiary/aromatic N) is 1. The van der Waals surface area contributed by atoms with Gasteiger partial charge in [-0.15, -0.1) is 0 Å². The summed E-state index contributed by atoms with van der Waals surface area (Å²) in [5.74, 6) is 1.06. The third-order valence-corrected chi connectivity index (χ3v) is 5.66. The Kier molecular flexibility index (Phi) is 6.31. The molecule has 1 aromatic heterocycles. The van der Waals surface area contributed by atoms with Gasteiger partial charge < -0.3 is 14.5 Å².